The molecule has 178 valence electrons. The lowest BCUT2D eigenvalue weighted by Crippen LogP contribution is -2.44. The molecule has 1 aromatic heterocycles. The Hall–Kier alpha value is -3.82. The van der Waals surface area contributed by atoms with Crippen LogP contribution < -0.4 is 21.3 Å². The van der Waals surface area contributed by atoms with Gasteiger partial charge in [-0.15, -0.1) is 0 Å². The van der Waals surface area contributed by atoms with Gasteiger partial charge in [-0.1, -0.05) is 43.5 Å². The maximum atomic E-state index is 14.1. The number of para-hydroxylation sites is 2. The van der Waals surface area contributed by atoms with Crippen molar-refractivity contribution in [2.75, 3.05) is 16.0 Å². The molecule has 0 aliphatic heterocycles. The normalized spacial score (nSPS) is 14.8. The van der Waals surface area contributed by atoms with Crippen molar-refractivity contribution in [3.8, 4) is 0 Å². The minimum absolute atomic E-state index is 0.0290. The van der Waals surface area contributed by atoms with Crippen LogP contribution in [0.2, 0.25) is 0 Å². The monoisotopic (exact) mass is 467 g/mol. The molecule has 4 rings (SSSR count). The number of anilines is 5. The first kappa shape index (κ1) is 23.3. The largest absolute Gasteiger partial charge is 0.352 e. The topological polar surface area (TPSA) is 104 Å². The zero-order valence-electron chi connectivity index (χ0n) is 18.8. The number of aromatic nitrogens is 3. The average Bonchev–Trinajstić information content (AvgIpc) is 2.82. The number of nitrogens with one attached hydrogen (secondary N) is 4. The van der Waals surface area contributed by atoms with E-state index in [9.17, 15) is 13.6 Å². The highest BCUT2D eigenvalue weighted by molar-refractivity contribution is 5.84. The fraction of sp³-hybridized carbons (Fsp3) is 0.333. The highest BCUT2D eigenvalue weighted by Crippen LogP contribution is 2.22. The minimum Gasteiger partial charge on any atom is -0.352 e. The van der Waals surface area contributed by atoms with Gasteiger partial charge in [-0.3, -0.25) is 4.79 Å². The van der Waals surface area contributed by atoms with E-state index in [4.69, 9.17) is 0 Å². The molecule has 4 N–H and O–H groups in total. The van der Waals surface area contributed by atoms with E-state index in [1.165, 1.54) is 30.7 Å². The van der Waals surface area contributed by atoms with Crippen molar-refractivity contribution in [1.29, 1.82) is 0 Å². The lowest BCUT2D eigenvalue weighted by Gasteiger charge is -2.24. The number of carbonyl (C=O) groups excluding carboxylic acids is 1. The SMILES string of the molecule is CC(Nc1nc(Nc2ccccc2F)nc(Nc2ccccc2F)n1)C(=O)NC1CCCCC1. The molecule has 0 spiro atoms. The molecule has 1 aliphatic carbocycles. The van der Waals surface area contributed by atoms with E-state index in [0.29, 0.717) is 0 Å². The molecule has 1 unspecified atom stereocenters. The Morgan fingerprint density at radius 1 is 0.824 bits per heavy atom. The molecular weight excluding hydrogens is 440 g/mol. The van der Waals surface area contributed by atoms with Crippen molar-refractivity contribution in [3.05, 3.63) is 60.2 Å². The maximum absolute atomic E-state index is 14.1. The number of halogens is 2. The van der Waals surface area contributed by atoms with Crippen molar-refractivity contribution >= 4 is 35.1 Å². The lowest BCUT2D eigenvalue weighted by atomic mass is 9.95. The van der Waals surface area contributed by atoms with Crippen LogP contribution in [0, 0.1) is 11.6 Å². The van der Waals surface area contributed by atoms with Gasteiger partial charge in [0.25, 0.3) is 0 Å². The van der Waals surface area contributed by atoms with Crippen LogP contribution in [0.3, 0.4) is 0 Å². The first-order valence-corrected chi connectivity index (χ1v) is 11.3. The molecule has 0 bridgehead atoms. The van der Waals surface area contributed by atoms with Gasteiger partial charge in [-0.2, -0.15) is 15.0 Å². The van der Waals surface area contributed by atoms with Crippen LogP contribution in [0.4, 0.5) is 38.0 Å². The molecule has 8 nitrogen and oxygen atoms in total. The molecule has 1 atom stereocenters. The third-order valence-electron chi connectivity index (χ3n) is 5.57. The molecule has 1 aliphatic rings. The first-order valence-electron chi connectivity index (χ1n) is 11.3. The Kier molecular flexibility index (Phi) is 7.46. The molecule has 3 aromatic rings. The Bertz CT molecular complexity index is 1070. The summed E-state index contributed by atoms with van der Waals surface area (Å²) in [6.07, 6.45) is 5.35. The van der Waals surface area contributed by atoms with E-state index in [2.05, 4.69) is 36.2 Å². The van der Waals surface area contributed by atoms with Crippen LogP contribution in [0.15, 0.2) is 48.5 Å². The summed E-state index contributed by atoms with van der Waals surface area (Å²) in [5.74, 6) is -0.997. The number of carbonyl (C=O) groups is 1. The van der Waals surface area contributed by atoms with Crippen molar-refractivity contribution in [2.24, 2.45) is 0 Å². The fourth-order valence-electron chi connectivity index (χ4n) is 3.75. The van der Waals surface area contributed by atoms with E-state index in [0.717, 1.165) is 25.7 Å². The van der Waals surface area contributed by atoms with Crippen LogP contribution in [0.5, 0.6) is 0 Å². The van der Waals surface area contributed by atoms with E-state index >= 15 is 0 Å². The van der Waals surface area contributed by atoms with Gasteiger partial charge < -0.3 is 21.3 Å². The fourth-order valence-corrected chi connectivity index (χ4v) is 3.75. The highest BCUT2D eigenvalue weighted by Gasteiger charge is 2.21. The van der Waals surface area contributed by atoms with E-state index < -0.39 is 17.7 Å². The predicted octanol–water partition coefficient (Wildman–Crippen LogP) is 4.89. The minimum atomic E-state index is -0.632. The van der Waals surface area contributed by atoms with Gasteiger partial charge in [0, 0.05) is 6.04 Å². The number of hydrogen-bond acceptors (Lipinski definition) is 7. The number of rotatable bonds is 8. The lowest BCUT2D eigenvalue weighted by molar-refractivity contribution is -0.122. The van der Waals surface area contributed by atoms with Crippen molar-refractivity contribution in [3.63, 3.8) is 0 Å². The van der Waals surface area contributed by atoms with Crippen molar-refractivity contribution in [2.45, 2.75) is 51.1 Å². The molecule has 34 heavy (non-hydrogen) atoms. The Balaban J connectivity index is 1.55. The molecule has 0 radical (unpaired) electrons. The van der Waals surface area contributed by atoms with Crippen LogP contribution >= 0.6 is 0 Å². The van der Waals surface area contributed by atoms with Crippen LogP contribution in [0.1, 0.15) is 39.0 Å². The number of amides is 1. The van der Waals surface area contributed by atoms with Crippen LogP contribution in [-0.4, -0.2) is 32.9 Å². The molecule has 1 heterocycles. The van der Waals surface area contributed by atoms with Gasteiger partial charge >= 0.3 is 0 Å². The van der Waals surface area contributed by atoms with Gasteiger partial charge in [0.05, 0.1) is 11.4 Å². The zero-order chi connectivity index (χ0) is 23.9. The first-order chi connectivity index (χ1) is 16.5. The van der Waals surface area contributed by atoms with E-state index in [1.54, 1.807) is 31.2 Å². The third kappa shape index (κ3) is 6.15. The van der Waals surface area contributed by atoms with Gasteiger partial charge in [-0.05, 0) is 44.0 Å². The predicted molar refractivity (Wildman–Crippen MR) is 127 cm³/mol. The van der Waals surface area contributed by atoms with Crippen molar-refractivity contribution in [1.82, 2.24) is 20.3 Å². The van der Waals surface area contributed by atoms with Gasteiger partial charge in [-0.25, -0.2) is 8.78 Å². The summed E-state index contributed by atoms with van der Waals surface area (Å²) in [5.41, 5.74) is 0.333. The van der Waals surface area contributed by atoms with Crippen molar-refractivity contribution < 1.29 is 13.6 Å². The van der Waals surface area contributed by atoms with Crippen LogP contribution in [-0.2, 0) is 4.79 Å². The molecule has 1 saturated carbocycles. The summed E-state index contributed by atoms with van der Waals surface area (Å²) >= 11 is 0. The molecule has 0 saturated heterocycles. The molecule has 1 fully saturated rings. The average molecular weight is 468 g/mol. The Morgan fingerprint density at radius 3 is 1.85 bits per heavy atom. The molecular formula is C24H27F2N7O. The second-order valence-electron chi connectivity index (χ2n) is 8.23. The Morgan fingerprint density at radius 2 is 1.32 bits per heavy atom. The quantitative estimate of drug-likeness (QED) is 0.374. The summed E-state index contributed by atoms with van der Waals surface area (Å²) in [7, 11) is 0. The maximum Gasteiger partial charge on any atom is 0.242 e. The number of nitrogens with zero attached hydrogens (tertiary/aromatic N) is 3. The third-order valence-corrected chi connectivity index (χ3v) is 5.57. The second kappa shape index (κ2) is 10.9. The van der Waals surface area contributed by atoms with Crippen LogP contribution in [0.25, 0.3) is 0 Å². The standard InChI is InChI=1S/C24H27F2N7O/c1-15(21(34)28-16-9-3-2-4-10-16)27-22-31-23(29-19-13-7-5-11-17(19)25)33-24(32-22)30-20-14-8-6-12-18(20)26/h5-8,11-16H,2-4,9-10H2,1H3,(H,28,34)(H3,27,29,30,31,32,33). The summed E-state index contributed by atoms with van der Waals surface area (Å²) < 4.78 is 28.3. The molecule has 10 heteroatoms. The van der Waals surface area contributed by atoms with E-state index in [-0.39, 0.29) is 41.2 Å². The molecule has 2 aromatic carbocycles. The van der Waals surface area contributed by atoms with Gasteiger partial charge in [0.1, 0.15) is 17.7 Å². The summed E-state index contributed by atoms with van der Waals surface area (Å²) in [6, 6.07) is 11.7. The summed E-state index contributed by atoms with van der Waals surface area (Å²) in [6.45, 7) is 1.70. The number of hydrogen-bond donors (Lipinski definition) is 4. The van der Waals surface area contributed by atoms with Gasteiger partial charge in [0.15, 0.2) is 0 Å². The van der Waals surface area contributed by atoms with Gasteiger partial charge in [0.2, 0.25) is 23.8 Å². The smallest absolute Gasteiger partial charge is 0.242 e. The Labute approximate surface area is 196 Å². The summed E-state index contributed by atoms with van der Waals surface area (Å²) in [4.78, 5) is 25.5. The zero-order valence-corrected chi connectivity index (χ0v) is 18.8. The summed E-state index contributed by atoms with van der Waals surface area (Å²) in [5, 5.41) is 11.7. The van der Waals surface area contributed by atoms with E-state index in [1.807, 2.05) is 0 Å². The molecule has 1 amide bonds. The highest BCUT2D eigenvalue weighted by atomic mass is 19.1. The number of benzene rings is 2. The second-order valence-corrected chi connectivity index (χ2v) is 8.23.